The van der Waals surface area contributed by atoms with Gasteiger partial charge in [-0.25, -0.2) is 0 Å². The van der Waals surface area contributed by atoms with Crippen LogP contribution in [0.3, 0.4) is 0 Å². The average Bonchev–Trinajstić information content (AvgIpc) is 3.07. The van der Waals surface area contributed by atoms with Gasteiger partial charge in [0.05, 0.1) is 17.5 Å². The Kier molecular flexibility index (Phi) is 5.30. The fourth-order valence-electron chi connectivity index (χ4n) is 3.69. The van der Waals surface area contributed by atoms with E-state index >= 15 is 0 Å². The van der Waals surface area contributed by atoms with Gasteiger partial charge in [-0.05, 0) is 43.7 Å². The molecular formula is C24H22N4O2. The van der Waals surface area contributed by atoms with Gasteiger partial charge in [0.15, 0.2) is 0 Å². The summed E-state index contributed by atoms with van der Waals surface area (Å²) in [5.41, 5.74) is 9.89. The highest BCUT2D eigenvalue weighted by Gasteiger charge is 2.17. The number of aryl methyl sites for hydroxylation is 1. The van der Waals surface area contributed by atoms with Crippen molar-refractivity contribution in [2.75, 3.05) is 0 Å². The van der Waals surface area contributed by atoms with Crippen LogP contribution in [0, 0.1) is 13.8 Å². The number of pyridine rings is 1. The first-order valence-electron chi connectivity index (χ1n) is 9.71. The summed E-state index contributed by atoms with van der Waals surface area (Å²) in [6.45, 7) is 3.83. The first-order valence-corrected chi connectivity index (χ1v) is 9.71. The Morgan fingerprint density at radius 2 is 1.70 bits per heavy atom. The number of benzene rings is 2. The third kappa shape index (κ3) is 3.80. The summed E-state index contributed by atoms with van der Waals surface area (Å²) in [6.07, 6.45) is 1.83. The minimum absolute atomic E-state index is 0.123. The molecule has 2 amide bonds. The molecule has 0 saturated carbocycles. The maximum absolute atomic E-state index is 12.7. The van der Waals surface area contributed by atoms with Gasteiger partial charge in [0.25, 0.3) is 5.91 Å². The van der Waals surface area contributed by atoms with Gasteiger partial charge in [-0.2, -0.15) is 0 Å². The van der Waals surface area contributed by atoms with Gasteiger partial charge in [0, 0.05) is 28.7 Å². The molecule has 0 atom stereocenters. The van der Waals surface area contributed by atoms with Crippen LogP contribution < -0.4 is 10.9 Å². The molecule has 4 rings (SSSR count). The molecule has 0 bridgehead atoms. The number of hydrazine groups is 1. The van der Waals surface area contributed by atoms with E-state index in [-0.39, 0.29) is 18.2 Å². The largest absolute Gasteiger partial charge is 0.318 e. The van der Waals surface area contributed by atoms with Crippen molar-refractivity contribution in [3.63, 3.8) is 0 Å². The molecule has 0 aliphatic carbocycles. The lowest BCUT2D eigenvalue weighted by Gasteiger charge is -2.11. The molecule has 2 N–H and O–H groups in total. The number of carbonyl (C=O) groups is 2. The van der Waals surface area contributed by atoms with Gasteiger partial charge in [0.1, 0.15) is 0 Å². The number of nitrogens with zero attached hydrogens (tertiary/aromatic N) is 2. The fraction of sp³-hybridized carbons (Fsp3) is 0.125. The number of rotatable bonds is 4. The lowest BCUT2D eigenvalue weighted by molar-refractivity contribution is -0.121. The van der Waals surface area contributed by atoms with E-state index in [1.165, 1.54) is 0 Å². The minimum atomic E-state index is -0.352. The van der Waals surface area contributed by atoms with Crippen molar-refractivity contribution in [3.05, 3.63) is 95.4 Å². The van der Waals surface area contributed by atoms with Crippen molar-refractivity contribution in [2.24, 2.45) is 0 Å². The second-order valence-corrected chi connectivity index (χ2v) is 7.13. The van der Waals surface area contributed by atoms with E-state index < -0.39 is 0 Å². The second-order valence-electron chi connectivity index (χ2n) is 7.13. The van der Waals surface area contributed by atoms with Crippen LogP contribution in [0.5, 0.6) is 0 Å². The monoisotopic (exact) mass is 398 g/mol. The normalized spacial score (nSPS) is 10.7. The number of fused-ring (bicyclic) bond motifs is 1. The zero-order valence-corrected chi connectivity index (χ0v) is 16.8. The Morgan fingerprint density at radius 3 is 2.50 bits per heavy atom. The van der Waals surface area contributed by atoms with Gasteiger partial charge in [-0.1, -0.05) is 42.5 Å². The third-order valence-corrected chi connectivity index (χ3v) is 5.07. The van der Waals surface area contributed by atoms with E-state index in [4.69, 9.17) is 0 Å². The highest BCUT2D eigenvalue weighted by atomic mass is 16.2. The van der Waals surface area contributed by atoms with Crippen LogP contribution in [0.15, 0.2) is 72.9 Å². The number of para-hydroxylation sites is 2. The molecule has 6 heteroatoms. The van der Waals surface area contributed by atoms with Crippen molar-refractivity contribution in [3.8, 4) is 5.69 Å². The van der Waals surface area contributed by atoms with Crippen molar-refractivity contribution in [1.82, 2.24) is 20.4 Å². The Morgan fingerprint density at radius 1 is 0.933 bits per heavy atom. The molecule has 2 heterocycles. The predicted octanol–water partition coefficient (Wildman–Crippen LogP) is 3.65. The van der Waals surface area contributed by atoms with Gasteiger partial charge in [-0.15, -0.1) is 0 Å². The summed E-state index contributed by atoms with van der Waals surface area (Å²) in [5.74, 6) is -0.659. The predicted molar refractivity (Wildman–Crippen MR) is 116 cm³/mol. The van der Waals surface area contributed by atoms with E-state index in [1.54, 1.807) is 6.20 Å². The highest BCUT2D eigenvalue weighted by molar-refractivity contribution is 5.97. The Balaban J connectivity index is 1.45. The molecule has 150 valence electrons. The molecule has 0 aliphatic rings. The molecule has 0 fully saturated rings. The number of hydrogen-bond donors (Lipinski definition) is 2. The smallest absolute Gasteiger partial charge is 0.271 e. The van der Waals surface area contributed by atoms with Crippen LogP contribution in [0.25, 0.3) is 16.6 Å². The molecule has 6 nitrogen and oxygen atoms in total. The van der Waals surface area contributed by atoms with Gasteiger partial charge >= 0.3 is 0 Å². The second kappa shape index (κ2) is 8.21. The molecular weight excluding hydrogens is 376 g/mol. The number of hydrogen-bond acceptors (Lipinski definition) is 3. The molecule has 0 spiro atoms. The van der Waals surface area contributed by atoms with E-state index in [9.17, 15) is 9.59 Å². The SMILES string of the molecule is Cc1cc(C(=O)NNC(=O)Cc2cccc3cccnc23)c(C)n1-c1ccccc1. The lowest BCUT2D eigenvalue weighted by atomic mass is 10.1. The Hall–Kier alpha value is -3.93. The summed E-state index contributed by atoms with van der Waals surface area (Å²) < 4.78 is 2.01. The molecule has 2 aromatic carbocycles. The first-order chi connectivity index (χ1) is 14.5. The number of aromatic nitrogens is 2. The molecule has 4 aromatic rings. The van der Waals surface area contributed by atoms with Crippen LogP contribution in [-0.2, 0) is 11.2 Å². The number of amides is 2. The van der Waals surface area contributed by atoms with Crippen LogP contribution >= 0.6 is 0 Å². The molecule has 30 heavy (non-hydrogen) atoms. The van der Waals surface area contributed by atoms with Crippen LogP contribution in [-0.4, -0.2) is 21.4 Å². The Bertz CT molecular complexity index is 1220. The lowest BCUT2D eigenvalue weighted by Crippen LogP contribution is -2.42. The van der Waals surface area contributed by atoms with Crippen molar-refractivity contribution >= 4 is 22.7 Å². The van der Waals surface area contributed by atoms with Gasteiger partial charge in [0.2, 0.25) is 5.91 Å². The number of nitrogens with one attached hydrogen (secondary N) is 2. The third-order valence-electron chi connectivity index (χ3n) is 5.07. The summed E-state index contributed by atoms with van der Waals surface area (Å²) in [5, 5.41) is 0.972. The molecule has 0 unspecified atom stereocenters. The molecule has 0 aliphatic heterocycles. The van der Waals surface area contributed by atoms with Crippen LogP contribution in [0.2, 0.25) is 0 Å². The van der Waals surface area contributed by atoms with Gasteiger partial charge in [-0.3, -0.25) is 25.4 Å². The fourth-order valence-corrected chi connectivity index (χ4v) is 3.69. The Labute approximate surface area is 174 Å². The van der Waals surface area contributed by atoms with E-state index in [2.05, 4.69) is 15.8 Å². The summed E-state index contributed by atoms with van der Waals surface area (Å²) in [4.78, 5) is 29.5. The summed E-state index contributed by atoms with van der Waals surface area (Å²) >= 11 is 0. The number of carbonyl (C=O) groups excluding carboxylic acids is 2. The van der Waals surface area contributed by atoms with Crippen molar-refractivity contribution < 1.29 is 9.59 Å². The molecule has 0 saturated heterocycles. The van der Waals surface area contributed by atoms with Crippen molar-refractivity contribution in [1.29, 1.82) is 0 Å². The average molecular weight is 398 g/mol. The summed E-state index contributed by atoms with van der Waals surface area (Å²) in [6, 6.07) is 21.2. The molecule has 0 radical (unpaired) electrons. The quantitative estimate of drug-likeness (QED) is 0.515. The first kappa shape index (κ1) is 19.4. The van der Waals surface area contributed by atoms with Crippen LogP contribution in [0.1, 0.15) is 27.3 Å². The van der Waals surface area contributed by atoms with E-state index in [0.717, 1.165) is 33.5 Å². The maximum atomic E-state index is 12.7. The van der Waals surface area contributed by atoms with Crippen molar-refractivity contribution in [2.45, 2.75) is 20.3 Å². The standard InChI is InChI=1S/C24H22N4O2/c1-16-14-21(17(2)28(16)20-11-4-3-5-12-20)24(30)27-26-22(29)15-19-9-6-8-18-10-7-13-25-23(18)19/h3-14H,15H2,1-2H3,(H,26,29)(H,27,30). The van der Waals surface area contributed by atoms with E-state index in [1.807, 2.05) is 85.1 Å². The zero-order chi connectivity index (χ0) is 21.1. The zero-order valence-electron chi connectivity index (χ0n) is 16.8. The minimum Gasteiger partial charge on any atom is -0.318 e. The summed E-state index contributed by atoms with van der Waals surface area (Å²) in [7, 11) is 0. The highest BCUT2D eigenvalue weighted by Crippen LogP contribution is 2.20. The van der Waals surface area contributed by atoms with Gasteiger partial charge < -0.3 is 4.57 Å². The maximum Gasteiger partial charge on any atom is 0.271 e. The molecule has 2 aromatic heterocycles. The topological polar surface area (TPSA) is 76.0 Å². The van der Waals surface area contributed by atoms with E-state index in [0.29, 0.717) is 5.56 Å². The van der Waals surface area contributed by atoms with Crippen LogP contribution in [0.4, 0.5) is 0 Å².